The van der Waals surface area contributed by atoms with Crippen LogP contribution in [0, 0.1) is 0 Å². The Balaban J connectivity index is 0.000000144. The van der Waals surface area contributed by atoms with Crippen LogP contribution in [0.4, 0.5) is 0 Å². The van der Waals surface area contributed by atoms with Gasteiger partial charge in [0, 0.05) is 43.1 Å². The average Bonchev–Trinajstić information content (AvgIpc) is 1.77. The fourth-order valence-corrected chi connectivity index (χ4v) is 12.9. The van der Waals surface area contributed by atoms with Crippen molar-refractivity contribution in [3.63, 3.8) is 0 Å². The molecule has 12 aromatic carbocycles. The van der Waals surface area contributed by atoms with Crippen LogP contribution in [0.25, 0.3) is 142 Å². The molecule has 78 heavy (non-hydrogen) atoms. The second kappa shape index (κ2) is 17.4. The number of benzene rings is 12. The molecule has 4 aromatic heterocycles. The van der Waals surface area contributed by atoms with Crippen LogP contribution in [0.15, 0.2) is 206 Å². The molecule has 4 heterocycles. The molecule has 0 saturated heterocycles. The highest BCUT2D eigenvalue weighted by Crippen LogP contribution is 2.46. The molecule has 0 aliphatic carbocycles. The molecule has 2 nitrogen and oxygen atoms in total. The van der Waals surface area contributed by atoms with E-state index < -0.39 is 0 Å². The maximum absolute atomic E-state index is 8.76. The molecule has 0 aliphatic heterocycles. The highest BCUT2D eigenvalue weighted by atomic mass is 14.9. The topological polar surface area (TPSA) is 8.82 Å². The van der Waals surface area contributed by atoms with Crippen molar-refractivity contribution in [1.29, 1.82) is 0 Å². The van der Waals surface area contributed by atoms with Gasteiger partial charge in [-0.05, 0) is 184 Å². The molecule has 0 aliphatic rings. The third-order valence-electron chi connectivity index (χ3n) is 17.2. The minimum absolute atomic E-state index is 0.184. The van der Waals surface area contributed by atoms with Gasteiger partial charge in [-0.15, -0.1) is 0 Å². The van der Waals surface area contributed by atoms with Crippen molar-refractivity contribution in [2.45, 2.75) is 79.1 Å². The lowest BCUT2D eigenvalue weighted by molar-refractivity contribution is 0.869. The number of hydrogen-bond acceptors (Lipinski definition) is 0. The Kier molecular flexibility index (Phi) is 9.04. The van der Waals surface area contributed by atoms with E-state index >= 15 is 0 Å². The standard InChI is InChI=1S/2C38H31N/c2*1-22(2)25-10-12-27-20-36-32(16-29(27)14-25)34-18-31(24-8-6-5-7-9-24)19-35-33-17-30-15-26(23(3)4)11-13-28(30)21-37(33)39(36)38(34)35/h2*5-23H,1-4H3/i5D,6D,7D,8D,9D;5D. The summed E-state index contributed by atoms with van der Waals surface area (Å²) in [7, 11) is 0. The van der Waals surface area contributed by atoms with Crippen LogP contribution in [0.1, 0.15) is 110 Å². The van der Waals surface area contributed by atoms with E-state index in [1.807, 2.05) is 24.3 Å². The van der Waals surface area contributed by atoms with Gasteiger partial charge in [0.2, 0.25) is 0 Å². The van der Waals surface area contributed by atoms with Crippen LogP contribution >= 0.6 is 0 Å². The Labute approximate surface area is 463 Å². The molecule has 2 heteroatoms. The number of fused-ring (bicyclic) bond motifs is 16. The summed E-state index contributed by atoms with van der Waals surface area (Å²) in [5.74, 6) is 1.81. The van der Waals surface area contributed by atoms with Crippen LogP contribution in [0.5, 0.6) is 0 Å². The minimum atomic E-state index is -0.379. The van der Waals surface area contributed by atoms with Crippen molar-refractivity contribution < 1.29 is 8.22 Å². The van der Waals surface area contributed by atoms with Gasteiger partial charge in [-0.25, -0.2) is 0 Å². The van der Waals surface area contributed by atoms with Crippen LogP contribution < -0.4 is 0 Å². The molecule has 0 amide bonds. The van der Waals surface area contributed by atoms with Gasteiger partial charge < -0.3 is 8.80 Å². The van der Waals surface area contributed by atoms with E-state index in [-0.39, 0.29) is 35.8 Å². The Hall–Kier alpha value is -8.72. The molecular formula is C76H62N2. The summed E-state index contributed by atoms with van der Waals surface area (Å²) in [6.45, 7) is 17.8. The molecule has 0 atom stereocenters. The molecular weight excluding hydrogens is 941 g/mol. The van der Waals surface area contributed by atoms with Gasteiger partial charge in [0.05, 0.1) is 41.3 Å². The van der Waals surface area contributed by atoms with Crippen LogP contribution in [-0.2, 0) is 0 Å². The van der Waals surface area contributed by atoms with Gasteiger partial charge in [-0.2, -0.15) is 0 Å². The summed E-state index contributed by atoms with van der Waals surface area (Å²) in [6.07, 6.45) is 0. The molecule has 0 bridgehead atoms. The predicted molar refractivity (Wildman–Crippen MR) is 339 cm³/mol. The number of hydrogen-bond donors (Lipinski definition) is 0. The summed E-state index contributed by atoms with van der Waals surface area (Å²) >= 11 is 0. The largest absolute Gasteiger partial charge is 0.308 e. The Morgan fingerprint density at radius 2 is 0.577 bits per heavy atom. The van der Waals surface area contributed by atoms with Crippen molar-refractivity contribution >= 4 is 119 Å². The summed E-state index contributed by atoms with van der Waals surface area (Å²) in [5, 5.41) is 19.2. The van der Waals surface area contributed by atoms with E-state index in [2.05, 4.69) is 210 Å². The lowest BCUT2D eigenvalue weighted by Crippen LogP contribution is -1.88. The van der Waals surface area contributed by atoms with Gasteiger partial charge in [0.25, 0.3) is 0 Å². The quantitative estimate of drug-likeness (QED) is 0.157. The number of aromatic nitrogens is 2. The average molecular weight is 1010 g/mol. The van der Waals surface area contributed by atoms with Gasteiger partial charge in [-0.3, -0.25) is 0 Å². The number of nitrogens with zero attached hydrogens (tertiary/aromatic N) is 2. The van der Waals surface area contributed by atoms with Crippen LogP contribution in [-0.4, -0.2) is 8.80 Å². The fraction of sp³-hybridized carbons (Fsp3) is 0.158. The van der Waals surface area contributed by atoms with Crippen molar-refractivity contribution in [3.05, 3.63) is 228 Å². The first-order valence-electron chi connectivity index (χ1n) is 30.8. The lowest BCUT2D eigenvalue weighted by atomic mass is 9.95. The molecule has 0 spiro atoms. The molecule has 0 radical (unpaired) electrons. The third kappa shape index (κ3) is 7.15. The Morgan fingerprint density at radius 1 is 0.269 bits per heavy atom. The zero-order valence-electron chi connectivity index (χ0n) is 51.4. The molecule has 0 saturated carbocycles. The van der Waals surface area contributed by atoms with E-state index in [1.165, 1.54) is 98.2 Å². The van der Waals surface area contributed by atoms with Crippen LogP contribution in [0.2, 0.25) is 0 Å². The second-order valence-corrected chi connectivity index (χ2v) is 23.3. The molecule has 0 unspecified atom stereocenters. The molecule has 0 N–H and O–H groups in total. The first-order chi connectivity index (χ1) is 40.4. The van der Waals surface area contributed by atoms with Gasteiger partial charge in [-0.1, -0.05) is 189 Å². The van der Waals surface area contributed by atoms with Gasteiger partial charge in [0.1, 0.15) is 0 Å². The fourth-order valence-electron chi connectivity index (χ4n) is 12.9. The van der Waals surface area contributed by atoms with Crippen LogP contribution in [0.3, 0.4) is 0 Å². The highest BCUT2D eigenvalue weighted by molar-refractivity contribution is 6.28. The zero-order valence-corrected chi connectivity index (χ0v) is 45.4. The monoisotopic (exact) mass is 1010 g/mol. The predicted octanol–water partition coefficient (Wildman–Crippen LogP) is 22.1. The third-order valence-corrected chi connectivity index (χ3v) is 17.2. The van der Waals surface area contributed by atoms with E-state index in [9.17, 15) is 0 Å². The molecule has 16 rings (SSSR count). The summed E-state index contributed by atoms with van der Waals surface area (Å²) < 4.78 is 55.2. The summed E-state index contributed by atoms with van der Waals surface area (Å²) in [4.78, 5) is 0. The van der Waals surface area contributed by atoms with Crippen molar-refractivity contribution in [2.75, 3.05) is 0 Å². The van der Waals surface area contributed by atoms with E-state index in [0.29, 0.717) is 35.3 Å². The zero-order chi connectivity index (χ0) is 58.0. The maximum Gasteiger partial charge on any atom is 0.0629 e. The first-order valence-corrected chi connectivity index (χ1v) is 27.8. The lowest BCUT2D eigenvalue weighted by Gasteiger charge is -2.09. The maximum atomic E-state index is 8.76. The van der Waals surface area contributed by atoms with E-state index in [4.69, 9.17) is 8.22 Å². The summed E-state index contributed by atoms with van der Waals surface area (Å²) in [6, 6.07) is 61.7. The highest BCUT2D eigenvalue weighted by Gasteiger charge is 2.23. The summed E-state index contributed by atoms with van der Waals surface area (Å²) in [5.41, 5.74) is 15.6. The minimum Gasteiger partial charge on any atom is -0.308 e. The molecule has 0 fully saturated rings. The van der Waals surface area contributed by atoms with E-state index in [1.54, 1.807) is 0 Å². The number of rotatable bonds is 6. The van der Waals surface area contributed by atoms with Crippen molar-refractivity contribution in [3.8, 4) is 22.3 Å². The Bertz CT molecular complexity index is 5150. The second-order valence-electron chi connectivity index (χ2n) is 23.3. The molecule has 376 valence electrons. The first kappa shape index (κ1) is 40.5. The van der Waals surface area contributed by atoms with Crippen molar-refractivity contribution in [1.82, 2.24) is 8.80 Å². The Morgan fingerprint density at radius 3 is 0.885 bits per heavy atom. The SMILES string of the molecule is [2H]c1c([2H])c([2H])c(-c2cc3c4cc5cc(C(C)C)ccc5cc4n4c5cc6ccc(C(C)C)cc6cc5c(c2)c34)c([2H])c1[2H].[2H]c1ccc(-c2cc3c4cc5cc(C(C)C)ccc5cc4n4c5cc6ccc(C(C)C)cc6cc5c(c2)c34)cc1. The van der Waals surface area contributed by atoms with Crippen molar-refractivity contribution in [2.24, 2.45) is 0 Å². The normalized spacial score (nSPS) is 13.6. The smallest absolute Gasteiger partial charge is 0.0629 e. The van der Waals surface area contributed by atoms with Gasteiger partial charge in [0.15, 0.2) is 0 Å². The van der Waals surface area contributed by atoms with Gasteiger partial charge >= 0.3 is 0 Å². The molecule has 16 aromatic rings. The van der Waals surface area contributed by atoms with E-state index in [0.717, 1.165) is 54.4 Å².